The molecule has 190 valence electrons. The van der Waals surface area contributed by atoms with E-state index in [1.165, 1.54) is 5.56 Å². The summed E-state index contributed by atoms with van der Waals surface area (Å²) in [4.78, 5) is 38.7. The van der Waals surface area contributed by atoms with E-state index >= 15 is 0 Å². The van der Waals surface area contributed by atoms with Crippen LogP contribution in [0, 0.1) is 10.1 Å². The van der Waals surface area contributed by atoms with Gasteiger partial charge in [-0.1, -0.05) is 12.1 Å². The summed E-state index contributed by atoms with van der Waals surface area (Å²) < 4.78 is 5.81. The summed E-state index contributed by atoms with van der Waals surface area (Å²) in [6.45, 7) is 4.11. The first kappa shape index (κ1) is 24.2. The van der Waals surface area contributed by atoms with Crippen molar-refractivity contribution in [2.45, 2.75) is 56.6 Å². The normalized spacial score (nSPS) is 22.3. The van der Waals surface area contributed by atoms with Crippen LogP contribution in [0.5, 0.6) is 5.75 Å². The number of rotatable bonds is 6. The summed E-state index contributed by atoms with van der Waals surface area (Å²) in [5.74, 6) is 0.578. The summed E-state index contributed by atoms with van der Waals surface area (Å²) >= 11 is 0. The number of hydrogen-bond acceptors (Lipinski definition) is 7. The van der Waals surface area contributed by atoms with E-state index in [-0.39, 0.29) is 22.4 Å². The van der Waals surface area contributed by atoms with Crippen LogP contribution in [0.25, 0.3) is 0 Å². The molecule has 9 nitrogen and oxygen atoms in total. The molecule has 3 aliphatic heterocycles. The van der Waals surface area contributed by atoms with Crippen LogP contribution in [0.2, 0.25) is 0 Å². The Hall–Kier alpha value is -3.46. The largest absolute Gasteiger partial charge is 0.481 e. The highest BCUT2D eigenvalue weighted by Crippen LogP contribution is 2.32. The number of piperidine rings is 3. The Labute approximate surface area is 210 Å². The van der Waals surface area contributed by atoms with Crippen LogP contribution in [0.4, 0.5) is 11.4 Å². The summed E-state index contributed by atoms with van der Waals surface area (Å²) in [6.07, 6.45) is 4.57. The van der Waals surface area contributed by atoms with E-state index < -0.39 is 6.10 Å². The minimum Gasteiger partial charge on any atom is -0.481 e. The Morgan fingerprint density at radius 3 is 2.14 bits per heavy atom. The second-order valence-electron chi connectivity index (χ2n) is 9.93. The zero-order valence-electron chi connectivity index (χ0n) is 20.3. The molecule has 0 aliphatic carbocycles. The van der Waals surface area contributed by atoms with E-state index in [1.54, 1.807) is 12.1 Å². The molecule has 1 unspecified atom stereocenters. The van der Waals surface area contributed by atoms with Gasteiger partial charge < -0.3 is 14.5 Å². The molecule has 36 heavy (non-hydrogen) atoms. The number of nitro benzene ring substituents is 1. The molecule has 2 aromatic carbocycles. The molecular formula is C27H32N4O5. The van der Waals surface area contributed by atoms with Crippen molar-refractivity contribution in [3.63, 3.8) is 0 Å². The van der Waals surface area contributed by atoms with Crippen LogP contribution in [-0.2, 0) is 9.59 Å². The third-order valence-corrected chi connectivity index (χ3v) is 7.75. The molecule has 2 aromatic rings. The van der Waals surface area contributed by atoms with Gasteiger partial charge in [0.05, 0.1) is 4.92 Å². The van der Waals surface area contributed by atoms with Gasteiger partial charge in [-0.15, -0.1) is 0 Å². The van der Waals surface area contributed by atoms with Gasteiger partial charge in [0.2, 0.25) is 5.91 Å². The van der Waals surface area contributed by atoms with E-state index in [1.807, 2.05) is 24.3 Å². The molecule has 3 heterocycles. The number of imide groups is 1. The van der Waals surface area contributed by atoms with Crippen molar-refractivity contribution in [2.24, 2.45) is 0 Å². The lowest BCUT2D eigenvalue weighted by Crippen LogP contribution is -2.47. The van der Waals surface area contributed by atoms with Crippen LogP contribution >= 0.6 is 0 Å². The lowest BCUT2D eigenvalue weighted by Gasteiger charge is -2.42. The van der Waals surface area contributed by atoms with Crippen molar-refractivity contribution in [3.8, 4) is 5.75 Å². The second-order valence-corrected chi connectivity index (χ2v) is 9.93. The Morgan fingerprint density at radius 2 is 1.53 bits per heavy atom. The van der Waals surface area contributed by atoms with Crippen LogP contribution in [0.15, 0.2) is 48.5 Å². The number of non-ortho nitro benzene ring substituents is 1. The van der Waals surface area contributed by atoms with Gasteiger partial charge in [-0.2, -0.15) is 0 Å². The Kier molecular flexibility index (Phi) is 7.18. The van der Waals surface area contributed by atoms with Gasteiger partial charge in [-0.05, 0) is 74.5 Å². The van der Waals surface area contributed by atoms with Gasteiger partial charge in [-0.25, -0.2) is 0 Å². The number of benzene rings is 2. The number of nitrogens with one attached hydrogen (secondary N) is 1. The standard InChI is InChI=1S/C27H32N4O5/c32-26-10-9-25(27(33)28-26)36-24-7-1-19(2-8-24)20-11-15-29(16-12-20)22-13-17-30(18-14-22)21-3-5-23(6-4-21)31(34)35/h1-8,20,22,25H,9-18H2,(H,28,32,33). The number of amides is 2. The maximum atomic E-state index is 11.9. The van der Waals surface area contributed by atoms with Gasteiger partial charge in [0.25, 0.3) is 11.6 Å². The minimum atomic E-state index is -0.608. The molecule has 0 bridgehead atoms. The number of carbonyl (C=O) groups excluding carboxylic acids is 2. The summed E-state index contributed by atoms with van der Waals surface area (Å²) in [6, 6.07) is 15.5. The molecule has 2 amide bonds. The molecule has 1 N–H and O–H groups in total. The van der Waals surface area contributed by atoms with E-state index in [2.05, 4.69) is 27.2 Å². The topological polar surface area (TPSA) is 105 Å². The maximum absolute atomic E-state index is 11.9. The van der Waals surface area contributed by atoms with Crippen molar-refractivity contribution in [2.75, 3.05) is 31.1 Å². The average Bonchev–Trinajstić information content (AvgIpc) is 2.91. The number of nitro groups is 1. The van der Waals surface area contributed by atoms with Crippen molar-refractivity contribution >= 4 is 23.2 Å². The predicted molar refractivity (Wildman–Crippen MR) is 135 cm³/mol. The van der Waals surface area contributed by atoms with Crippen LogP contribution in [0.1, 0.15) is 50.0 Å². The lowest BCUT2D eigenvalue weighted by molar-refractivity contribution is -0.384. The smallest absolute Gasteiger partial charge is 0.269 e. The fourth-order valence-corrected chi connectivity index (χ4v) is 5.64. The second kappa shape index (κ2) is 10.7. The van der Waals surface area contributed by atoms with Crippen LogP contribution < -0.4 is 15.0 Å². The van der Waals surface area contributed by atoms with Gasteiger partial charge >= 0.3 is 0 Å². The van der Waals surface area contributed by atoms with Crippen molar-refractivity contribution < 1.29 is 19.2 Å². The third-order valence-electron chi connectivity index (χ3n) is 7.75. The fraction of sp³-hybridized carbons (Fsp3) is 0.481. The van der Waals surface area contributed by atoms with E-state index in [9.17, 15) is 19.7 Å². The Morgan fingerprint density at radius 1 is 0.861 bits per heavy atom. The number of anilines is 1. The molecule has 9 heteroatoms. The average molecular weight is 493 g/mol. The molecule has 0 radical (unpaired) electrons. The lowest BCUT2D eigenvalue weighted by atomic mass is 9.88. The van der Waals surface area contributed by atoms with Crippen molar-refractivity contribution in [1.29, 1.82) is 0 Å². The van der Waals surface area contributed by atoms with Gasteiger partial charge in [0, 0.05) is 49.8 Å². The number of hydrogen-bond donors (Lipinski definition) is 1. The highest BCUT2D eigenvalue weighted by Gasteiger charge is 2.30. The Balaban J connectivity index is 1.08. The predicted octanol–water partition coefficient (Wildman–Crippen LogP) is 3.63. The number of nitrogens with zero attached hydrogens (tertiary/aromatic N) is 3. The summed E-state index contributed by atoms with van der Waals surface area (Å²) in [5, 5.41) is 13.2. The maximum Gasteiger partial charge on any atom is 0.269 e. The zero-order chi connectivity index (χ0) is 25.1. The van der Waals surface area contributed by atoms with Crippen molar-refractivity contribution in [1.82, 2.24) is 10.2 Å². The van der Waals surface area contributed by atoms with Crippen molar-refractivity contribution in [3.05, 3.63) is 64.2 Å². The van der Waals surface area contributed by atoms with Crippen LogP contribution in [0.3, 0.4) is 0 Å². The highest BCUT2D eigenvalue weighted by molar-refractivity contribution is 5.99. The van der Waals surface area contributed by atoms with E-state index in [0.29, 0.717) is 30.6 Å². The quantitative estimate of drug-likeness (QED) is 0.373. The molecule has 0 saturated carbocycles. The first-order valence-electron chi connectivity index (χ1n) is 12.8. The molecule has 3 aliphatic rings. The summed E-state index contributed by atoms with van der Waals surface area (Å²) in [7, 11) is 0. The molecule has 0 aromatic heterocycles. The molecule has 3 fully saturated rings. The van der Waals surface area contributed by atoms with Crippen LogP contribution in [-0.4, -0.2) is 60.0 Å². The van der Waals surface area contributed by atoms with Gasteiger partial charge in [0.15, 0.2) is 6.10 Å². The first-order chi connectivity index (χ1) is 17.5. The van der Waals surface area contributed by atoms with E-state index in [0.717, 1.165) is 57.5 Å². The molecule has 5 rings (SSSR count). The molecule has 3 saturated heterocycles. The number of ether oxygens (including phenoxy) is 1. The minimum absolute atomic E-state index is 0.132. The monoisotopic (exact) mass is 492 g/mol. The molecular weight excluding hydrogens is 460 g/mol. The highest BCUT2D eigenvalue weighted by atomic mass is 16.6. The van der Waals surface area contributed by atoms with Gasteiger partial charge in [-0.3, -0.25) is 25.0 Å². The zero-order valence-corrected chi connectivity index (χ0v) is 20.3. The van der Waals surface area contributed by atoms with E-state index in [4.69, 9.17) is 4.74 Å². The summed E-state index contributed by atoms with van der Waals surface area (Å²) in [5.41, 5.74) is 2.49. The Bertz CT molecular complexity index is 1090. The number of carbonyl (C=O) groups is 2. The number of likely N-dealkylation sites (tertiary alicyclic amines) is 1. The fourth-order valence-electron chi connectivity index (χ4n) is 5.64. The SMILES string of the molecule is O=C1CCC(Oc2ccc(C3CCN(C4CCN(c5ccc([N+](=O)[O-])cc5)CC4)CC3)cc2)C(=O)N1. The first-order valence-corrected chi connectivity index (χ1v) is 12.8. The van der Waals surface area contributed by atoms with Gasteiger partial charge in [0.1, 0.15) is 5.75 Å². The third kappa shape index (κ3) is 5.51. The molecule has 1 atom stereocenters. The molecule has 0 spiro atoms.